The van der Waals surface area contributed by atoms with Crippen LogP contribution in [0.2, 0.25) is 0 Å². The molecule has 17 heavy (non-hydrogen) atoms. The third-order valence-electron chi connectivity index (χ3n) is 2.41. The van der Waals surface area contributed by atoms with Crippen LogP contribution < -0.4 is 0 Å². The number of imidazole rings is 1. The van der Waals surface area contributed by atoms with E-state index in [0.717, 1.165) is 17.2 Å². The molecule has 0 aliphatic rings. The predicted molar refractivity (Wildman–Crippen MR) is 71.0 cm³/mol. The van der Waals surface area contributed by atoms with E-state index >= 15 is 0 Å². The monoisotopic (exact) mass is 227 g/mol. The van der Waals surface area contributed by atoms with E-state index in [0.29, 0.717) is 0 Å². The molecule has 0 saturated carbocycles. The quantitative estimate of drug-likeness (QED) is 0.784. The maximum absolute atomic E-state index is 4.38. The molecule has 0 amide bonds. The number of aliphatic imine (C=N–C) groups is 1. The first kappa shape index (κ1) is 11.6. The Hall–Kier alpha value is -1.90. The van der Waals surface area contributed by atoms with Gasteiger partial charge in [0.05, 0.1) is 23.8 Å². The average Bonchev–Trinajstić information content (AvgIpc) is 2.76. The van der Waals surface area contributed by atoms with Crippen LogP contribution in [0.15, 0.2) is 41.5 Å². The number of para-hydroxylation sites is 1. The average molecular weight is 227 g/mol. The normalized spacial score (nSPS) is 12.2. The van der Waals surface area contributed by atoms with Gasteiger partial charge in [-0.25, -0.2) is 4.98 Å². The van der Waals surface area contributed by atoms with Crippen LogP contribution in [-0.2, 0) is 5.41 Å². The van der Waals surface area contributed by atoms with Gasteiger partial charge in [0.1, 0.15) is 5.82 Å². The van der Waals surface area contributed by atoms with Crippen molar-refractivity contribution >= 4 is 11.9 Å². The number of aromatic amines is 1. The van der Waals surface area contributed by atoms with Gasteiger partial charge in [0, 0.05) is 5.41 Å². The molecule has 88 valence electrons. The van der Waals surface area contributed by atoms with Gasteiger partial charge in [0.25, 0.3) is 0 Å². The van der Waals surface area contributed by atoms with Crippen LogP contribution in [0.3, 0.4) is 0 Å². The Bertz CT molecular complexity index is 504. The van der Waals surface area contributed by atoms with Crippen LogP contribution in [0.1, 0.15) is 32.3 Å². The van der Waals surface area contributed by atoms with Crippen LogP contribution in [-0.4, -0.2) is 16.2 Å². The topological polar surface area (TPSA) is 41.0 Å². The fourth-order valence-corrected chi connectivity index (χ4v) is 1.44. The van der Waals surface area contributed by atoms with Crippen molar-refractivity contribution < 1.29 is 0 Å². The fourth-order valence-electron chi connectivity index (χ4n) is 1.44. The van der Waals surface area contributed by atoms with Crippen molar-refractivity contribution in [3.05, 3.63) is 48.0 Å². The molecular formula is C14H17N3. The van der Waals surface area contributed by atoms with Gasteiger partial charge in [-0.2, -0.15) is 0 Å². The number of H-pyrrole nitrogens is 1. The minimum absolute atomic E-state index is 0.0405. The summed E-state index contributed by atoms with van der Waals surface area (Å²) in [5, 5.41) is 0. The highest BCUT2D eigenvalue weighted by Gasteiger charge is 2.16. The number of aromatic nitrogens is 2. The molecule has 0 aliphatic heterocycles. The smallest absolute Gasteiger partial charge is 0.111 e. The second-order valence-electron chi connectivity index (χ2n) is 5.03. The summed E-state index contributed by atoms with van der Waals surface area (Å²) in [5.41, 5.74) is 1.91. The summed E-state index contributed by atoms with van der Waals surface area (Å²) < 4.78 is 0. The highest BCUT2D eigenvalue weighted by atomic mass is 14.9. The lowest BCUT2D eigenvalue weighted by Crippen LogP contribution is -2.13. The molecule has 0 fully saturated rings. The summed E-state index contributed by atoms with van der Waals surface area (Å²) in [7, 11) is 0. The van der Waals surface area contributed by atoms with Gasteiger partial charge in [-0.05, 0) is 12.1 Å². The molecule has 0 bridgehead atoms. The van der Waals surface area contributed by atoms with Crippen LogP contribution in [0.25, 0.3) is 0 Å². The highest BCUT2D eigenvalue weighted by molar-refractivity contribution is 5.79. The van der Waals surface area contributed by atoms with Gasteiger partial charge in [-0.1, -0.05) is 39.0 Å². The first-order valence-electron chi connectivity index (χ1n) is 5.70. The molecule has 3 nitrogen and oxygen atoms in total. The van der Waals surface area contributed by atoms with Gasteiger partial charge in [0.15, 0.2) is 0 Å². The summed E-state index contributed by atoms with van der Waals surface area (Å²) in [6, 6.07) is 9.86. The standard InChI is InChI=1S/C14H17N3/c1-14(2,3)13-16-10-12(17-13)9-15-11-7-5-4-6-8-11/h4-10H,1-3H3,(H,16,17). The number of hydrogen-bond donors (Lipinski definition) is 1. The van der Waals surface area contributed by atoms with Crippen LogP contribution >= 0.6 is 0 Å². The van der Waals surface area contributed by atoms with Crippen molar-refractivity contribution in [3.63, 3.8) is 0 Å². The van der Waals surface area contributed by atoms with E-state index in [1.54, 1.807) is 6.21 Å². The molecule has 1 N–H and O–H groups in total. The summed E-state index contributed by atoms with van der Waals surface area (Å²) >= 11 is 0. The fraction of sp³-hybridized carbons (Fsp3) is 0.286. The Kier molecular flexibility index (Phi) is 3.09. The molecule has 1 heterocycles. The zero-order chi connectivity index (χ0) is 12.3. The van der Waals surface area contributed by atoms with Gasteiger partial charge < -0.3 is 4.98 Å². The molecule has 0 atom stereocenters. The first-order valence-corrected chi connectivity index (χ1v) is 5.70. The van der Waals surface area contributed by atoms with E-state index in [9.17, 15) is 0 Å². The Labute approximate surface area is 102 Å². The Balaban J connectivity index is 2.15. The lowest BCUT2D eigenvalue weighted by Gasteiger charge is -2.13. The number of nitrogens with zero attached hydrogens (tertiary/aromatic N) is 2. The van der Waals surface area contributed by atoms with Gasteiger partial charge in [-0.15, -0.1) is 0 Å². The summed E-state index contributed by atoms with van der Waals surface area (Å²) in [6.45, 7) is 6.39. The molecule has 0 spiro atoms. The van der Waals surface area contributed by atoms with Crippen molar-refractivity contribution in [2.24, 2.45) is 4.99 Å². The summed E-state index contributed by atoms with van der Waals surface area (Å²) in [4.78, 5) is 12.0. The minimum atomic E-state index is 0.0405. The zero-order valence-electron chi connectivity index (χ0n) is 10.4. The number of benzene rings is 1. The Morgan fingerprint density at radius 1 is 1.18 bits per heavy atom. The second kappa shape index (κ2) is 4.53. The third kappa shape index (κ3) is 3.03. The van der Waals surface area contributed by atoms with E-state index in [2.05, 4.69) is 35.7 Å². The van der Waals surface area contributed by atoms with Crippen molar-refractivity contribution in [1.29, 1.82) is 0 Å². The summed E-state index contributed by atoms with van der Waals surface area (Å²) in [6.07, 6.45) is 3.62. The van der Waals surface area contributed by atoms with E-state index in [1.807, 2.05) is 36.5 Å². The molecule has 1 aromatic carbocycles. The van der Waals surface area contributed by atoms with Gasteiger partial charge >= 0.3 is 0 Å². The van der Waals surface area contributed by atoms with E-state index < -0.39 is 0 Å². The van der Waals surface area contributed by atoms with Gasteiger partial charge in [0.2, 0.25) is 0 Å². The molecule has 0 aliphatic carbocycles. The molecule has 2 rings (SSSR count). The maximum atomic E-state index is 4.38. The largest absolute Gasteiger partial charge is 0.341 e. The molecule has 2 aromatic rings. The Morgan fingerprint density at radius 3 is 2.47 bits per heavy atom. The Morgan fingerprint density at radius 2 is 1.88 bits per heavy atom. The first-order chi connectivity index (χ1) is 8.05. The molecule has 0 saturated heterocycles. The SMILES string of the molecule is CC(C)(C)c1ncc(C=Nc2ccccc2)[nH]1. The molecule has 1 aromatic heterocycles. The predicted octanol–water partition coefficient (Wildman–Crippen LogP) is 3.46. The number of rotatable bonds is 2. The van der Waals surface area contributed by atoms with Crippen molar-refractivity contribution in [1.82, 2.24) is 9.97 Å². The molecule has 0 unspecified atom stereocenters. The number of nitrogens with one attached hydrogen (secondary N) is 1. The molecule has 0 radical (unpaired) electrons. The number of hydrogen-bond acceptors (Lipinski definition) is 2. The van der Waals surface area contributed by atoms with Crippen molar-refractivity contribution in [2.45, 2.75) is 26.2 Å². The maximum Gasteiger partial charge on any atom is 0.111 e. The van der Waals surface area contributed by atoms with Crippen molar-refractivity contribution in [3.8, 4) is 0 Å². The van der Waals surface area contributed by atoms with E-state index in [4.69, 9.17) is 0 Å². The third-order valence-corrected chi connectivity index (χ3v) is 2.41. The lowest BCUT2D eigenvalue weighted by atomic mass is 9.96. The zero-order valence-corrected chi connectivity index (χ0v) is 10.4. The molecular weight excluding hydrogens is 210 g/mol. The second-order valence-corrected chi connectivity index (χ2v) is 5.03. The van der Waals surface area contributed by atoms with Crippen LogP contribution in [0, 0.1) is 0 Å². The van der Waals surface area contributed by atoms with Gasteiger partial charge in [-0.3, -0.25) is 4.99 Å². The lowest BCUT2D eigenvalue weighted by molar-refractivity contribution is 0.552. The van der Waals surface area contributed by atoms with Crippen LogP contribution in [0.4, 0.5) is 5.69 Å². The molecule has 3 heteroatoms. The van der Waals surface area contributed by atoms with Crippen LogP contribution in [0.5, 0.6) is 0 Å². The van der Waals surface area contributed by atoms with Crippen molar-refractivity contribution in [2.75, 3.05) is 0 Å². The minimum Gasteiger partial charge on any atom is -0.341 e. The summed E-state index contributed by atoms with van der Waals surface area (Å²) in [5.74, 6) is 0.979. The van der Waals surface area contributed by atoms with E-state index in [-0.39, 0.29) is 5.41 Å². The highest BCUT2D eigenvalue weighted by Crippen LogP contribution is 2.18. The van der Waals surface area contributed by atoms with E-state index in [1.165, 1.54) is 0 Å².